The summed E-state index contributed by atoms with van der Waals surface area (Å²) in [4.78, 5) is 22.6. The van der Waals surface area contributed by atoms with Gasteiger partial charge < -0.3 is 5.32 Å². The predicted octanol–water partition coefficient (Wildman–Crippen LogP) is 4.57. The van der Waals surface area contributed by atoms with E-state index >= 15 is 0 Å². The van der Waals surface area contributed by atoms with E-state index in [9.17, 15) is 4.79 Å². The SMILES string of the molecule is Cc1sc(C(=O)Nc2ccc3cccnc3c2)nc1-c1cnn2ccccc12. The van der Waals surface area contributed by atoms with Gasteiger partial charge in [0.1, 0.15) is 0 Å². The van der Waals surface area contributed by atoms with Crippen LogP contribution in [0.5, 0.6) is 0 Å². The molecular formula is C21H15N5OS. The van der Waals surface area contributed by atoms with Gasteiger partial charge in [-0.1, -0.05) is 18.2 Å². The zero-order valence-electron chi connectivity index (χ0n) is 15.0. The minimum atomic E-state index is -0.230. The Kier molecular flexibility index (Phi) is 3.87. The summed E-state index contributed by atoms with van der Waals surface area (Å²) in [5.41, 5.74) is 4.20. The van der Waals surface area contributed by atoms with Gasteiger partial charge in [0.25, 0.3) is 5.91 Å². The summed E-state index contributed by atoms with van der Waals surface area (Å²) in [5, 5.41) is 8.73. The lowest BCUT2D eigenvalue weighted by Crippen LogP contribution is -2.11. The Labute approximate surface area is 164 Å². The van der Waals surface area contributed by atoms with Crippen LogP contribution in [0.25, 0.3) is 27.7 Å². The molecule has 7 heteroatoms. The first-order chi connectivity index (χ1) is 13.7. The van der Waals surface area contributed by atoms with Crippen LogP contribution in [-0.2, 0) is 0 Å². The number of benzene rings is 1. The van der Waals surface area contributed by atoms with E-state index in [-0.39, 0.29) is 5.91 Å². The molecule has 0 atom stereocenters. The Balaban J connectivity index is 1.46. The molecule has 4 aromatic heterocycles. The van der Waals surface area contributed by atoms with Crippen LogP contribution in [0.4, 0.5) is 5.69 Å². The summed E-state index contributed by atoms with van der Waals surface area (Å²) in [6.45, 7) is 1.97. The van der Waals surface area contributed by atoms with Gasteiger partial charge in [0, 0.05) is 33.9 Å². The normalized spacial score (nSPS) is 11.2. The largest absolute Gasteiger partial charge is 0.320 e. The van der Waals surface area contributed by atoms with Crippen molar-refractivity contribution in [2.24, 2.45) is 0 Å². The lowest BCUT2D eigenvalue weighted by Gasteiger charge is -2.04. The number of pyridine rings is 2. The number of anilines is 1. The molecule has 28 heavy (non-hydrogen) atoms. The Morgan fingerprint density at radius 3 is 3.00 bits per heavy atom. The number of hydrogen-bond donors (Lipinski definition) is 1. The summed E-state index contributed by atoms with van der Waals surface area (Å²) in [7, 11) is 0. The van der Waals surface area contributed by atoms with Crippen LogP contribution in [0.1, 0.15) is 14.7 Å². The van der Waals surface area contributed by atoms with Gasteiger partial charge in [-0.15, -0.1) is 11.3 Å². The van der Waals surface area contributed by atoms with Crippen molar-refractivity contribution in [3.05, 3.63) is 77.0 Å². The van der Waals surface area contributed by atoms with Crippen molar-refractivity contribution in [1.29, 1.82) is 0 Å². The van der Waals surface area contributed by atoms with Crippen molar-refractivity contribution in [2.75, 3.05) is 5.32 Å². The van der Waals surface area contributed by atoms with Gasteiger partial charge in [0.2, 0.25) is 0 Å². The lowest BCUT2D eigenvalue weighted by atomic mass is 10.2. The molecule has 0 aliphatic rings. The molecule has 1 aromatic carbocycles. The summed E-state index contributed by atoms with van der Waals surface area (Å²) in [6, 6.07) is 15.4. The van der Waals surface area contributed by atoms with Crippen LogP contribution < -0.4 is 5.32 Å². The van der Waals surface area contributed by atoms with Crippen molar-refractivity contribution in [2.45, 2.75) is 6.92 Å². The zero-order chi connectivity index (χ0) is 19.1. The van der Waals surface area contributed by atoms with Crippen molar-refractivity contribution in [3.8, 4) is 11.3 Å². The molecule has 0 spiro atoms. The number of aromatic nitrogens is 4. The van der Waals surface area contributed by atoms with Gasteiger partial charge in [-0.05, 0) is 37.3 Å². The molecule has 0 fully saturated rings. The van der Waals surface area contributed by atoms with Crippen molar-refractivity contribution in [1.82, 2.24) is 19.6 Å². The molecular weight excluding hydrogens is 370 g/mol. The quantitative estimate of drug-likeness (QED) is 0.494. The second-order valence-corrected chi connectivity index (χ2v) is 7.58. The number of nitrogens with one attached hydrogen (secondary N) is 1. The summed E-state index contributed by atoms with van der Waals surface area (Å²) in [5.74, 6) is -0.230. The molecule has 1 N–H and O–H groups in total. The van der Waals surface area contributed by atoms with Crippen molar-refractivity contribution >= 4 is 39.4 Å². The smallest absolute Gasteiger partial charge is 0.284 e. The van der Waals surface area contributed by atoms with Crippen LogP contribution in [0.3, 0.4) is 0 Å². The Morgan fingerprint density at radius 2 is 2.07 bits per heavy atom. The van der Waals surface area contributed by atoms with Crippen LogP contribution in [0.15, 0.2) is 67.1 Å². The Hall–Kier alpha value is -3.58. The third kappa shape index (κ3) is 2.82. The summed E-state index contributed by atoms with van der Waals surface area (Å²) >= 11 is 1.38. The minimum Gasteiger partial charge on any atom is -0.320 e. The molecule has 0 unspecified atom stereocenters. The molecule has 5 aromatic rings. The number of carbonyl (C=O) groups is 1. The third-order valence-electron chi connectivity index (χ3n) is 4.54. The van der Waals surface area contributed by atoms with E-state index in [0.717, 1.165) is 32.6 Å². The number of fused-ring (bicyclic) bond motifs is 2. The summed E-state index contributed by atoms with van der Waals surface area (Å²) in [6.07, 6.45) is 5.41. The summed E-state index contributed by atoms with van der Waals surface area (Å²) < 4.78 is 1.80. The molecule has 0 aliphatic heterocycles. The van der Waals surface area contributed by atoms with Gasteiger partial charge in [-0.2, -0.15) is 5.10 Å². The molecule has 0 saturated heterocycles. The maximum Gasteiger partial charge on any atom is 0.284 e. The van der Waals surface area contributed by atoms with E-state index in [2.05, 4.69) is 20.4 Å². The van der Waals surface area contributed by atoms with Gasteiger partial charge in [-0.3, -0.25) is 9.78 Å². The van der Waals surface area contributed by atoms with Crippen molar-refractivity contribution < 1.29 is 4.79 Å². The van der Waals surface area contributed by atoms with Crippen molar-refractivity contribution in [3.63, 3.8) is 0 Å². The molecule has 0 saturated carbocycles. The first-order valence-electron chi connectivity index (χ1n) is 8.75. The molecule has 0 aliphatic carbocycles. The molecule has 5 rings (SSSR count). The van der Waals surface area contributed by atoms with E-state index in [1.165, 1.54) is 11.3 Å². The number of thiazole rings is 1. The molecule has 4 heterocycles. The maximum absolute atomic E-state index is 12.7. The maximum atomic E-state index is 12.7. The minimum absolute atomic E-state index is 0.230. The third-order valence-corrected chi connectivity index (χ3v) is 5.51. The van der Waals surface area contributed by atoms with Crippen LogP contribution in [-0.4, -0.2) is 25.5 Å². The first kappa shape index (κ1) is 16.6. The number of carbonyl (C=O) groups excluding carboxylic acids is 1. The van der Waals surface area contributed by atoms with Crippen LogP contribution in [0, 0.1) is 6.92 Å². The fourth-order valence-corrected chi connectivity index (χ4v) is 4.01. The highest BCUT2D eigenvalue weighted by atomic mass is 32.1. The lowest BCUT2D eigenvalue weighted by molar-refractivity contribution is 0.102. The Bertz CT molecular complexity index is 1340. The highest BCUT2D eigenvalue weighted by molar-refractivity contribution is 7.14. The van der Waals surface area contributed by atoms with Crippen LogP contribution >= 0.6 is 11.3 Å². The highest BCUT2D eigenvalue weighted by Crippen LogP contribution is 2.31. The zero-order valence-corrected chi connectivity index (χ0v) is 15.8. The molecule has 6 nitrogen and oxygen atoms in total. The number of amides is 1. The van der Waals surface area contributed by atoms with E-state index < -0.39 is 0 Å². The monoisotopic (exact) mass is 385 g/mol. The first-order valence-corrected chi connectivity index (χ1v) is 9.57. The number of nitrogens with zero attached hydrogens (tertiary/aromatic N) is 4. The predicted molar refractivity (Wildman–Crippen MR) is 111 cm³/mol. The number of rotatable bonds is 3. The molecule has 0 radical (unpaired) electrons. The van der Waals surface area contributed by atoms with E-state index in [1.807, 2.05) is 61.7 Å². The Morgan fingerprint density at radius 1 is 1.14 bits per heavy atom. The van der Waals surface area contributed by atoms with Gasteiger partial charge in [0.15, 0.2) is 5.01 Å². The van der Waals surface area contributed by atoms with E-state index in [1.54, 1.807) is 16.9 Å². The number of hydrogen-bond acceptors (Lipinski definition) is 5. The second kappa shape index (κ2) is 6.54. The molecule has 0 bridgehead atoms. The fourth-order valence-electron chi connectivity index (χ4n) is 3.19. The van der Waals surface area contributed by atoms with Gasteiger partial charge >= 0.3 is 0 Å². The van der Waals surface area contributed by atoms with Crippen LogP contribution in [0.2, 0.25) is 0 Å². The molecule has 136 valence electrons. The average molecular weight is 385 g/mol. The van der Waals surface area contributed by atoms with E-state index in [4.69, 9.17) is 0 Å². The fraction of sp³-hybridized carbons (Fsp3) is 0.0476. The molecule has 1 amide bonds. The number of aryl methyl sites for hydroxylation is 1. The second-order valence-electron chi connectivity index (χ2n) is 6.38. The average Bonchev–Trinajstić information content (AvgIpc) is 3.31. The van der Waals surface area contributed by atoms with Gasteiger partial charge in [-0.25, -0.2) is 9.50 Å². The topological polar surface area (TPSA) is 72.2 Å². The highest BCUT2D eigenvalue weighted by Gasteiger charge is 2.18. The standard InChI is InChI=1S/C21H15N5OS/c1-13-19(16-12-23-26-10-3-2-6-18(16)26)25-21(28-13)20(27)24-15-8-7-14-5-4-9-22-17(14)11-15/h2-12H,1H3,(H,24,27). The van der Waals surface area contributed by atoms with Gasteiger partial charge in [0.05, 0.1) is 22.9 Å². The van der Waals surface area contributed by atoms with E-state index in [0.29, 0.717) is 10.7 Å².